The van der Waals surface area contributed by atoms with Gasteiger partial charge in [-0.15, -0.1) is 0 Å². The fraction of sp³-hybridized carbons (Fsp3) is 0.500. The summed E-state index contributed by atoms with van der Waals surface area (Å²) in [6, 6.07) is 7.47. The summed E-state index contributed by atoms with van der Waals surface area (Å²) in [6.45, 7) is 3.05. The topological polar surface area (TPSA) is 27.6 Å². The predicted octanol–water partition coefficient (Wildman–Crippen LogP) is 1.96. The fourth-order valence-electron chi connectivity index (χ4n) is 2.75. The van der Waals surface area contributed by atoms with Crippen LogP contribution < -0.4 is 5.32 Å². The Bertz CT molecular complexity index is 440. The maximum Gasteiger partial charge on any atom is 0.123 e. The first kappa shape index (κ1) is 11.7. The lowest BCUT2D eigenvalue weighted by atomic mass is 10.0. The molecule has 0 saturated carbocycles. The normalized spacial score (nSPS) is 24.7. The van der Waals surface area contributed by atoms with E-state index in [-0.39, 0.29) is 11.9 Å². The highest BCUT2D eigenvalue weighted by molar-refractivity contribution is 5.59. The number of hydrogen-bond acceptors (Lipinski definition) is 3. The highest BCUT2D eigenvalue weighted by Gasteiger charge is 2.26. The number of benzene rings is 1. The molecule has 1 atom stereocenters. The van der Waals surface area contributed by atoms with Crippen molar-refractivity contribution in [1.29, 1.82) is 0 Å². The van der Waals surface area contributed by atoms with Gasteiger partial charge in [-0.2, -0.15) is 0 Å². The van der Waals surface area contributed by atoms with Gasteiger partial charge in [0.2, 0.25) is 0 Å². The SMILES string of the molecule is Fc1cccc(C2CN(C3CCNCC3)C=N2)c1. The number of rotatable bonds is 2. The van der Waals surface area contributed by atoms with Gasteiger partial charge in [-0.3, -0.25) is 4.99 Å². The molecule has 0 spiro atoms. The largest absolute Gasteiger partial charge is 0.357 e. The first-order valence-electron chi connectivity index (χ1n) is 6.58. The van der Waals surface area contributed by atoms with Crippen LogP contribution in [0, 0.1) is 5.82 Å². The standard InChI is InChI=1S/C14H18FN3/c15-12-3-1-2-11(8-12)14-9-18(10-17-14)13-4-6-16-7-5-13/h1-3,8,10,13-14,16H,4-7,9H2. The van der Waals surface area contributed by atoms with Crippen molar-refractivity contribution in [3.8, 4) is 0 Å². The summed E-state index contributed by atoms with van der Waals surface area (Å²) in [4.78, 5) is 6.83. The zero-order valence-electron chi connectivity index (χ0n) is 10.3. The molecule has 3 rings (SSSR count). The Morgan fingerprint density at radius 1 is 1.28 bits per heavy atom. The minimum atomic E-state index is -0.178. The third kappa shape index (κ3) is 2.38. The second-order valence-electron chi connectivity index (χ2n) is 5.01. The molecule has 0 bridgehead atoms. The first-order chi connectivity index (χ1) is 8.83. The molecule has 1 fully saturated rings. The van der Waals surface area contributed by atoms with Gasteiger partial charge in [0.1, 0.15) is 5.82 Å². The van der Waals surface area contributed by atoms with E-state index in [4.69, 9.17) is 0 Å². The van der Waals surface area contributed by atoms with E-state index in [1.165, 1.54) is 18.9 Å². The Labute approximate surface area is 107 Å². The zero-order valence-corrected chi connectivity index (χ0v) is 10.3. The van der Waals surface area contributed by atoms with E-state index in [0.717, 1.165) is 25.2 Å². The lowest BCUT2D eigenvalue weighted by Crippen LogP contribution is -2.41. The van der Waals surface area contributed by atoms with Crippen molar-refractivity contribution in [2.45, 2.75) is 24.9 Å². The smallest absolute Gasteiger partial charge is 0.123 e. The van der Waals surface area contributed by atoms with E-state index < -0.39 is 0 Å². The monoisotopic (exact) mass is 247 g/mol. The summed E-state index contributed by atoms with van der Waals surface area (Å²) in [5.74, 6) is -0.178. The van der Waals surface area contributed by atoms with E-state index in [2.05, 4.69) is 15.2 Å². The van der Waals surface area contributed by atoms with Crippen molar-refractivity contribution in [3.63, 3.8) is 0 Å². The van der Waals surface area contributed by atoms with Gasteiger partial charge in [0, 0.05) is 12.6 Å². The predicted molar refractivity (Wildman–Crippen MR) is 70.2 cm³/mol. The van der Waals surface area contributed by atoms with E-state index in [1.54, 1.807) is 12.1 Å². The van der Waals surface area contributed by atoms with E-state index in [1.807, 2.05) is 12.4 Å². The Balaban J connectivity index is 1.66. The summed E-state index contributed by atoms with van der Waals surface area (Å²) in [6.07, 6.45) is 4.29. The fourth-order valence-corrected chi connectivity index (χ4v) is 2.75. The van der Waals surface area contributed by atoms with Gasteiger partial charge in [0.15, 0.2) is 0 Å². The molecule has 0 radical (unpaired) electrons. The molecule has 2 aliphatic heterocycles. The molecule has 2 heterocycles. The van der Waals surface area contributed by atoms with Crippen LogP contribution in [0.1, 0.15) is 24.4 Å². The Hall–Kier alpha value is -1.42. The summed E-state index contributed by atoms with van der Waals surface area (Å²) in [5, 5.41) is 3.37. The number of aliphatic imine (C=N–C) groups is 1. The second kappa shape index (κ2) is 5.06. The molecule has 4 heteroatoms. The van der Waals surface area contributed by atoms with Crippen LogP contribution in [0.4, 0.5) is 4.39 Å². The van der Waals surface area contributed by atoms with Crippen LogP contribution in [0.3, 0.4) is 0 Å². The van der Waals surface area contributed by atoms with Gasteiger partial charge in [0.05, 0.1) is 12.4 Å². The van der Waals surface area contributed by atoms with Crippen molar-refractivity contribution in [2.75, 3.05) is 19.6 Å². The summed E-state index contributed by atoms with van der Waals surface area (Å²) < 4.78 is 13.2. The van der Waals surface area contributed by atoms with Crippen molar-refractivity contribution >= 4 is 6.34 Å². The maximum absolute atomic E-state index is 13.2. The van der Waals surface area contributed by atoms with E-state index in [9.17, 15) is 4.39 Å². The molecule has 1 unspecified atom stereocenters. The van der Waals surface area contributed by atoms with E-state index in [0.29, 0.717) is 6.04 Å². The van der Waals surface area contributed by atoms with Gasteiger partial charge < -0.3 is 10.2 Å². The van der Waals surface area contributed by atoms with Crippen molar-refractivity contribution in [3.05, 3.63) is 35.6 Å². The van der Waals surface area contributed by atoms with Crippen LogP contribution >= 0.6 is 0 Å². The third-order valence-corrected chi connectivity index (χ3v) is 3.79. The number of nitrogens with zero attached hydrogens (tertiary/aromatic N) is 2. The van der Waals surface area contributed by atoms with Crippen molar-refractivity contribution in [2.24, 2.45) is 4.99 Å². The van der Waals surface area contributed by atoms with Gasteiger partial charge in [-0.25, -0.2) is 4.39 Å². The lowest BCUT2D eigenvalue weighted by Gasteiger charge is -2.31. The molecular weight excluding hydrogens is 229 g/mol. The average Bonchev–Trinajstić information content (AvgIpc) is 2.89. The molecule has 1 saturated heterocycles. The minimum absolute atomic E-state index is 0.0931. The molecule has 1 N–H and O–H groups in total. The Morgan fingerprint density at radius 3 is 2.89 bits per heavy atom. The average molecular weight is 247 g/mol. The molecule has 96 valence electrons. The zero-order chi connectivity index (χ0) is 12.4. The molecular formula is C14H18FN3. The van der Waals surface area contributed by atoms with Crippen molar-refractivity contribution < 1.29 is 4.39 Å². The highest BCUT2D eigenvalue weighted by Crippen LogP contribution is 2.25. The van der Waals surface area contributed by atoms with Crippen LogP contribution in [0.25, 0.3) is 0 Å². The second-order valence-corrected chi connectivity index (χ2v) is 5.01. The van der Waals surface area contributed by atoms with Crippen LogP contribution in [0.5, 0.6) is 0 Å². The van der Waals surface area contributed by atoms with Crippen LogP contribution in [0.15, 0.2) is 29.3 Å². The number of piperidine rings is 1. The first-order valence-corrected chi connectivity index (χ1v) is 6.58. The van der Waals surface area contributed by atoms with Gasteiger partial charge >= 0.3 is 0 Å². The summed E-state index contributed by atoms with van der Waals surface area (Å²) in [5.41, 5.74) is 0.975. The third-order valence-electron chi connectivity index (χ3n) is 3.79. The number of nitrogens with one attached hydrogen (secondary N) is 1. The Morgan fingerprint density at radius 2 is 2.11 bits per heavy atom. The lowest BCUT2D eigenvalue weighted by molar-refractivity contribution is 0.264. The van der Waals surface area contributed by atoms with E-state index >= 15 is 0 Å². The van der Waals surface area contributed by atoms with Gasteiger partial charge in [-0.05, 0) is 43.6 Å². The molecule has 3 nitrogen and oxygen atoms in total. The molecule has 1 aromatic rings. The number of hydrogen-bond donors (Lipinski definition) is 1. The molecule has 18 heavy (non-hydrogen) atoms. The molecule has 2 aliphatic rings. The van der Waals surface area contributed by atoms with Crippen molar-refractivity contribution in [1.82, 2.24) is 10.2 Å². The Kier molecular flexibility index (Phi) is 3.28. The maximum atomic E-state index is 13.2. The quantitative estimate of drug-likeness (QED) is 0.865. The molecule has 1 aromatic carbocycles. The highest BCUT2D eigenvalue weighted by atomic mass is 19.1. The van der Waals surface area contributed by atoms with Gasteiger partial charge in [-0.1, -0.05) is 12.1 Å². The molecule has 0 amide bonds. The molecule has 0 aromatic heterocycles. The summed E-state index contributed by atoms with van der Waals surface area (Å²) in [7, 11) is 0. The minimum Gasteiger partial charge on any atom is -0.357 e. The molecule has 0 aliphatic carbocycles. The number of halogens is 1. The summed E-state index contributed by atoms with van der Waals surface area (Å²) >= 11 is 0. The van der Waals surface area contributed by atoms with Crippen LogP contribution in [-0.4, -0.2) is 36.9 Å². The van der Waals surface area contributed by atoms with Crippen LogP contribution in [-0.2, 0) is 0 Å². The van der Waals surface area contributed by atoms with Gasteiger partial charge in [0.25, 0.3) is 0 Å². The van der Waals surface area contributed by atoms with Crippen LogP contribution in [0.2, 0.25) is 0 Å².